The van der Waals surface area contributed by atoms with Crippen molar-refractivity contribution in [3.63, 3.8) is 0 Å². The molecular weight excluding hydrogens is 324 g/mol. The van der Waals surface area contributed by atoms with Gasteiger partial charge in [-0.1, -0.05) is 41.9 Å². The quantitative estimate of drug-likeness (QED) is 0.704. The van der Waals surface area contributed by atoms with E-state index < -0.39 is 0 Å². The Kier molecular flexibility index (Phi) is 4.13. The fourth-order valence-electron chi connectivity index (χ4n) is 2.76. The van der Waals surface area contributed by atoms with E-state index in [1.165, 1.54) is 0 Å². The van der Waals surface area contributed by atoms with Gasteiger partial charge in [0.1, 0.15) is 11.0 Å². The van der Waals surface area contributed by atoms with Crippen molar-refractivity contribution in [1.82, 2.24) is 4.98 Å². The number of ether oxygens (including phenoxy) is 2. The van der Waals surface area contributed by atoms with Crippen molar-refractivity contribution in [3.8, 4) is 11.5 Å². The zero-order chi connectivity index (χ0) is 16.4. The normalized spacial score (nSPS) is 13.5. The summed E-state index contributed by atoms with van der Waals surface area (Å²) in [6, 6.07) is 16.0. The van der Waals surface area contributed by atoms with Crippen LogP contribution in [0.15, 0.2) is 48.5 Å². The average molecular weight is 341 g/mol. The summed E-state index contributed by atoms with van der Waals surface area (Å²) in [6.07, 6.45) is 0.905. The van der Waals surface area contributed by atoms with Gasteiger partial charge in [0.15, 0.2) is 11.5 Å². The zero-order valence-corrected chi connectivity index (χ0v) is 13.8. The maximum atomic E-state index is 6.27. The molecule has 3 aromatic rings. The van der Waals surface area contributed by atoms with Crippen LogP contribution in [0.5, 0.6) is 11.5 Å². The lowest BCUT2D eigenvalue weighted by atomic mass is 10.1. The molecule has 0 amide bonds. The SMILES string of the molecule is Clc1nc(NCc2ccc3c(c2)OCCCO3)cc2ccccc12. The Bertz CT molecular complexity index is 882. The highest BCUT2D eigenvalue weighted by molar-refractivity contribution is 6.34. The van der Waals surface area contributed by atoms with Gasteiger partial charge in [-0.2, -0.15) is 0 Å². The molecule has 0 aliphatic carbocycles. The fourth-order valence-corrected chi connectivity index (χ4v) is 3.02. The van der Waals surface area contributed by atoms with Crippen molar-refractivity contribution in [1.29, 1.82) is 0 Å². The van der Waals surface area contributed by atoms with Crippen LogP contribution in [0, 0.1) is 0 Å². The Labute approximate surface area is 145 Å². The molecule has 0 atom stereocenters. The average Bonchev–Trinajstić information content (AvgIpc) is 2.85. The highest BCUT2D eigenvalue weighted by Crippen LogP contribution is 2.31. The Morgan fingerprint density at radius 3 is 2.75 bits per heavy atom. The van der Waals surface area contributed by atoms with Gasteiger partial charge >= 0.3 is 0 Å². The number of fused-ring (bicyclic) bond motifs is 2. The number of hydrogen-bond donors (Lipinski definition) is 1. The third kappa shape index (κ3) is 3.10. The molecule has 0 saturated carbocycles. The summed E-state index contributed by atoms with van der Waals surface area (Å²) in [5.41, 5.74) is 1.10. The van der Waals surface area contributed by atoms with Gasteiger partial charge in [0.25, 0.3) is 0 Å². The van der Waals surface area contributed by atoms with E-state index in [-0.39, 0.29) is 0 Å². The highest BCUT2D eigenvalue weighted by Gasteiger charge is 2.11. The standard InChI is InChI=1S/C19H17ClN2O2/c20-19-15-5-2-1-4-14(15)11-18(22-19)21-12-13-6-7-16-17(10-13)24-9-3-8-23-16/h1-2,4-7,10-11H,3,8-9,12H2,(H,21,22). The zero-order valence-electron chi connectivity index (χ0n) is 13.1. The van der Waals surface area contributed by atoms with Crippen LogP contribution in [0.4, 0.5) is 5.82 Å². The number of nitrogens with zero attached hydrogens (tertiary/aromatic N) is 1. The minimum absolute atomic E-state index is 0.509. The smallest absolute Gasteiger partial charge is 0.161 e. The van der Waals surface area contributed by atoms with Gasteiger partial charge in [0, 0.05) is 18.4 Å². The Balaban J connectivity index is 1.54. The lowest BCUT2D eigenvalue weighted by molar-refractivity contribution is 0.297. The summed E-state index contributed by atoms with van der Waals surface area (Å²) in [6.45, 7) is 2.02. The molecule has 0 fully saturated rings. The lowest BCUT2D eigenvalue weighted by Crippen LogP contribution is -2.02. The number of hydrogen-bond acceptors (Lipinski definition) is 4. The summed E-state index contributed by atoms with van der Waals surface area (Å²) in [4.78, 5) is 4.42. The number of halogens is 1. The third-order valence-corrected chi connectivity index (χ3v) is 4.27. The van der Waals surface area contributed by atoms with Crippen molar-refractivity contribution in [2.45, 2.75) is 13.0 Å². The maximum Gasteiger partial charge on any atom is 0.161 e. The van der Waals surface area contributed by atoms with Gasteiger partial charge in [-0.15, -0.1) is 0 Å². The lowest BCUT2D eigenvalue weighted by Gasteiger charge is -2.11. The molecule has 0 radical (unpaired) electrons. The van der Waals surface area contributed by atoms with Crippen LogP contribution < -0.4 is 14.8 Å². The largest absolute Gasteiger partial charge is 0.490 e. The van der Waals surface area contributed by atoms with Gasteiger partial charge in [-0.3, -0.25) is 0 Å². The van der Waals surface area contributed by atoms with Gasteiger partial charge in [-0.05, 0) is 29.1 Å². The van der Waals surface area contributed by atoms with Gasteiger partial charge in [0.05, 0.1) is 13.2 Å². The molecule has 1 aliphatic rings. The van der Waals surface area contributed by atoms with E-state index in [1.54, 1.807) is 0 Å². The predicted octanol–water partition coefficient (Wildman–Crippen LogP) is 4.66. The van der Waals surface area contributed by atoms with Crippen LogP contribution in [-0.2, 0) is 6.54 Å². The summed E-state index contributed by atoms with van der Waals surface area (Å²) in [5, 5.41) is 5.86. The molecule has 1 aromatic heterocycles. The summed E-state index contributed by atoms with van der Waals surface area (Å²) in [5.74, 6) is 2.37. The number of aromatic nitrogens is 1. The first kappa shape index (κ1) is 15.1. The van der Waals surface area contributed by atoms with Crippen LogP contribution in [0.3, 0.4) is 0 Å². The van der Waals surface area contributed by atoms with E-state index in [2.05, 4.69) is 10.3 Å². The molecule has 0 spiro atoms. The molecule has 0 unspecified atom stereocenters. The number of benzene rings is 2. The summed E-state index contributed by atoms with van der Waals surface area (Å²) < 4.78 is 11.4. The van der Waals surface area contributed by atoms with Crippen molar-refractivity contribution in [3.05, 3.63) is 59.2 Å². The molecule has 5 heteroatoms. The van der Waals surface area contributed by atoms with Gasteiger partial charge < -0.3 is 14.8 Å². The van der Waals surface area contributed by atoms with E-state index in [4.69, 9.17) is 21.1 Å². The first-order valence-corrected chi connectivity index (χ1v) is 8.35. The van der Waals surface area contributed by atoms with Crippen molar-refractivity contribution in [2.24, 2.45) is 0 Å². The minimum atomic E-state index is 0.509. The van der Waals surface area contributed by atoms with Crippen LogP contribution >= 0.6 is 11.6 Å². The molecule has 4 nitrogen and oxygen atoms in total. The van der Waals surface area contributed by atoms with E-state index >= 15 is 0 Å². The van der Waals surface area contributed by atoms with E-state index in [0.717, 1.165) is 40.1 Å². The highest BCUT2D eigenvalue weighted by atomic mass is 35.5. The van der Waals surface area contributed by atoms with E-state index in [0.29, 0.717) is 24.9 Å². The molecule has 2 heterocycles. The van der Waals surface area contributed by atoms with Gasteiger partial charge in [0.2, 0.25) is 0 Å². The Morgan fingerprint density at radius 1 is 1.00 bits per heavy atom. The van der Waals surface area contributed by atoms with Gasteiger partial charge in [-0.25, -0.2) is 4.98 Å². The number of anilines is 1. The fraction of sp³-hybridized carbons (Fsp3) is 0.211. The first-order chi connectivity index (χ1) is 11.8. The minimum Gasteiger partial charge on any atom is -0.490 e. The van der Waals surface area contributed by atoms with Crippen molar-refractivity contribution < 1.29 is 9.47 Å². The van der Waals surface area contributed by atoms with E-state index in [1.807, 2.05) is 48.5 Å². The number of nitrogens with one attached hydrogen (secondary N) is 1. The third-order valence-electron chi connectivity index (χ3n) is 3.98. The molecule has 122 valence electrons. The molecule has 4 rings (SSSR count). The second-order valence-corrected chi connectivity index (χ2v) is 6.06. The Morgan fingerprint density at radius 2 is 1.83 bits per heavy atom. The molecule has 0 saturated heterocycles. The van der Waals surface area contributed by atoms with Crippen LogP contribution in [0.1, 0.15) is 12.0 Å². The predicted molar refractivity (Wildman–Crippen MR) is 96.1 cm³/mol. The molecule has 1 N–H and O–H groups in total. The molecule has 0 bridgehead atoms. The summed E-state index contributed by atoms with van der Waals surface area (Å²) >= 11 is 6.27. The number of pyridine rings is 1. The van der Waals surface area contributed by atoms with E-state index in [9.17, 15) is 0 Å². The molecular formula is C19H17ClN2O2. The topological polar surface area (TPSA) is 43.4 Å². The monoisotopic (exact) mass is 340 g/mol. The number of rotatable bonds is 3. The van der Waals surface area contributed by atoms with Crippen molar-refractivity contribution >= 4 is 28.2 Å². The maximum absolute atomic E-state index is 6.27. The summed E-state index contributed by atoms with van der Waals surface area (Å²) in [7, 11) is 0. The Hall–Kier alpha value is -2.46. The van der Waals surface area contributed by atoms with Crippen molar-refractivity contribution in [2.75, 3.05) is 18.5 Å². The molecule has 24 heavy (non-hydrogen) atoms. The van der Waals surface area contributed by atoms with Crippen LogP contribution in [-0.4, -0.2) is 18.2 Å². The second-order valence-electron chi connectivity index (χ2n) is 5.70. The van der Waals surface area contributed by atoms with Crippen LogP contribution in [0.2, 0.25) is 5.15 Å². The second kappa shape index (κ2) is 6.57. The van der Waals surface area contributed by atoms with Crippen LogP contribution in [0.25, 0.3) is 10.8 Å². The first-order valence-electron chi connectivity index (χ1n) is 7.97. The molecule has 2 aromatic carbocycles. The molecule has 1 aliphatic heterocycles.